The van der Waals surface area contributed by atoms with Crippen LogP contribution < -0.4 is 4.74 Å². The van der Waals surface area contributed by atoms with Gasteiger partial charge in [0.05, 0.1) is 43.0 Å². The van der Waals surface area contributed by atoms with E-state index in [2.05, 4.69) is 68.8 Å². The Hall–Kier alpha value is -5.14. The number of fused-ring (bicyclic) bond motifs is 1. The molecule has 0 saturated carbocycles. The molecule has 0 spiro atoms. The van der Waals surface area contributed by atoms with Crippen molar-refractivity contribution in [2.45, 2.75) is 20.0 Å². The van der Waals surface area contributed by atoms with Gasteiger partial charge in [0.1, 0.15) is 11.5 Å². The fraction of sp³-hybridized carbons (Fsp3) is 0.189. The van der Waals surface area contributed by atoms with E-state index in [-0.39, 0.29) is 5.91 Å². The van der Waals surface area contributed by atoms with Crippen molar-refractivity contribution in [2.24, 2.45) is 0 Å². The fourth-order valence-electron chi connectivity index (χ4n) is 5.89. The SMILES string of the molecule is Cc1ncn(Cc2ccc(Oc3ccccc3)cc2)c1Cn1cc(C(=O)N2CCOCC2)c(-c2cccc3ccccc23)c1. The lowest BCUT2D eigenvalue weighted by Crippen LogP contribution is -2.40. The molecule has 7 nitrogen and oxygen atoms in total. The molecular formula is C37H34N4O3. The number of aromatic nitrogens is 3. The van der Waals surface area contributed by atoms with Crippen LogP contribution in [0.5, 0.6) is 11.5 Å². The largest absolute Gasteiger partial charge is 0.457 e. The minimum Gasteiger partial charge on any atom is -0.457 e. The third kappa shape index (κ3) is 5.74. The number of imidazole rings is 1. The highest BCUT2D eigenvalue weighted by atomic mass is 16.5. The van der Waals surface area contributed by atoms with Crippen LogP contribution in [0, 0.1) is 6.92 Å². The van der Waals surface area contributed by atoms with Gasteiger partial charge in [-0.3, -0.25) is 4.79 Å². The highest BCUT2D eigenvalue weighted by Gasteiger charge is 2.24. The van der Waals surface area contributed by atoms with E-state index in [0.29, 0.717) is 45.0 Å². The number of benzene rings is 4. The summed E-state index contributed by atoms with van der Waals surface area (Å²) in [6.45, 7) is 5.63. The van der Waals surface area contributed by atoms with Gasteiger partial charge in [-0.15, -0.1) is 0 Å². The summed E-state index contributed by atoms with van der Waals surface area (Å²) in [6, 6.07) is 32.6. The molecule has 1 saturated heterocycles. The number of morpholine rings is 1. The van der Waals surface area contributed by atoms with Crippen molar-refractivity contribution < 1.29 is 14.3 Å². The van der Waals surface area contributed by atoms with E-state index in [1.165, 1.54) is 0 Å². The molecule has 7 rings (SSSR count). The summed E-state index contributed by atoms with van der Waals surface area (Å²) >= 11 is 0. The smallest absolute Gasteiger partial charge is 0.256 e. The molecule has 4 aromatic carbocycles. The van der Waals surface area contributed by atoms with Crippen LogP contribution in [0.15, 0.2) is 116 Å². The van der Waals surface area contributed by atoms with Gasteiger partial charge in [-0.1, -0.05) is 72.8 Å². The predicted octanol–water partition coefficient (Wildman–Crippen LogP) is 7.17. The zero-order valence-electron chi connectivity index (χ0n) is 24.7. The van der Waals surface area contributed by atoms with Crippen molar-refractivity contribution >= 4 is 16.7 Å². The second-order valence-electron chi connectivity index (χ2n) is 11.2. The molecule has 0 unspecified atom stereocenters. The predicted molar refractivity (Wildman–Crippen MR) is 172 cm³/mol. The quantitative estimate of drug-likeness (QED) is 0.191. The molecule has 0 atom stereocenters. The maximum atomic E-state index is 13.9. The summed E-state index contributed by atoms with van der Waals surface area (Å²) in [4.78, 5) is 20.4. The maximum Gasteiger partial charge on any atom is 0.256 e. The van der Waals surface area contributed by atoms with Crippen LogP contribution in [-0.4, -0.2) is 51.2 Å². The second kappa shape index (κ2) is 12.2. The van der Waals surface area contributed by atoms with Crippen LogP contribution >= 0.6 is 0 Å². The van der Waals surface area contributed by atoms with Crippen LogP contribution in [0.4, 0.5) is 0 Å². The number of hydrogen-bond donors (Lipinski definition) is 0. The van der Waals surface area contributed by atoms with E-state index >= 15 is 0 Å². The molecule has 1 aliphatic rings. The number of para-hydroxylation sites is 1. The molecule has 6 aromatic rings. The molecule has 0 bridgehead atoms. The Labute approximate surface area is 256 Å². The van der Waals surface area contributed by atoms with Crippen LogP contribution in [0.2, 0.25) is 0 Å². The Kier molecular flexibility index (Phi) is 7.69. The third-order valence-corrected chi connectivity index (χ3v) is 8.23. The molecule has 2 aromatic heterocycles. The molecule has 0 N–H and O–H groups in total. The Morgan fingerprint density at radius 2 is 1.52 bits per heavy atom. The number of nitrogens with zero attached hydrogens (tertiary/aromatic N) is 4. The van der Waals surface area contributed by atoms with Crippen molar-refractivity contribution in [3.63, 3.8) is 0 Å². The zero-order valence-corrected chi connectivity index (χ0v) is 24.7. The molecular weight excluding hydrogens is 548 g/mol. The topological polar surface area (TPSA) is 61.5 Å². The number of ether oxygens (including phenoxy) is 2. The molecule has 0 aliphatic carbocycles. The first-order valence-corrected chi connectivity index (χ1v) is 15.0. The van der Waals surface area contributed by atoms with Crippen LogP contribution in [0.25, 0.3) is 21.9 Å². The van der Waals surface area contributed by atoms with Gasteiger partial charge in [0, 0.05) is 37.6 Å². The Balaban J connectivity index is 1.18. The standard InChI is InChI=1S/C37H34N4O3/c1-27-36(41(26-38-27)22-28-14-16-31(17-15-28)44-30-10-3-2-4-11-30)25-39-23-34(33-13-7-9-29-8-5-6-12-32(29)33)35(24-39)37(42)40-18-20-43-21-19-40/h2-17,23-24,26H,18-22,25H2,1H3. The third-order valence-electron chi connectivity index (χ3n) is 8.23. The summed E-state index contributed by atoms with van der Waals surface area (Å²) in [5.41, 5.74) is 5.92. The summed E-state index contributed by atoms with van der Waals surface area (Å²) in [5, 5.41) is 2.28. The van der Waals surface area contributed by atoms with E-state index in [9.17, 15) is 4.79 Å². The average molecular weight is 583 g/mol. The van der Waals surface area contributed by atoms with Gasteiger partial charge in [-0.05, 0) is 53.1 Å². The first-order chi connectivity index (χ1) is 21.6. The van der Waals surface area contributed by atoms with E-state index in [1.807, 2.05) is 72.9 Å². The van der Waals surface area contributed by atoms with Gasteiger partial charge in [-0.2, -0.15) is 0 Å². The molecule has 1 aliphatic heterocycles. The van der Waals surface area contributed by atoms with Crippen LogP contribution in [0.3, 0.4) is 0 Å². The normalized spacial score (nSPS) is 13.3. The molecule has 7 heteroatoms. The molecule has 1 fully saturated rings. The van der Waals surface area contributed by atoms with Crippen LogP contribution in [0.1, 0.15) is 27.3 Å². The summed E-state index contributed by atoms with van der Waals surface area (Å²) in [7, 11) is 0. The fourth-order valence-corrected chi connectivity index (χ4v) is 5.89. The Morgan fingerprint density at radius 1 is 0.795 bits per heavy atom. The van der Waals surface area contributed by atoms with E-state index in [0.717, 1.165) is 50.3 Å². The number of amides is 1. The van der Waals surface area contributed by atoms with Crippen molar-refractivity contribution in [1.82, 2.24) is 19.0 Å². The van der Waals surface area contributed by atoms with E-state index in [1.54, 1.807) is 0 Å². The monoisotopic (exact) mass is 582 g/mol. The lowest BCUT2D eigenvalue weighted by molar-refractivity contribution is 0.0303. The maximum absolute atomic E-state index is 13.9. The van der Waals surface area contributed by atoms with Crippen LogP contribution in [-0.2, 0) is 17.8 Å². The lowest BCUT2D eigenvalue weighted by atomic mass is 9.97. The minimum atomic E-state index is 0.0398. The van der Waals surface area contributed by atoms with Crippen molar-refractivity contribution in [3.8, 4) is 22.6 Å². The van der Waals surface area contributed by atoms with E-state index in [4.69, 9.17) is 9.47 Å². The Morgan fingerprint density at radius 3 is 2.34 bits per heavy atom. The van der Waals surface area contributed by atoms with Gasteiger partial charge in [0.15, 0.2) is 0 Å². The van der Waals surface area contributed by atoms with Gasteiger partial charge in [0.25, 0.3) is 5.91 Å². The highest BCUT2D eigenvalue weighted by Crippen LogP contribution is 2.33. The number of carbonyl (C=O) groups excluding carboxylic acids is 1. The van der Waals surface area contributed by atoms with E-state index < -0.39 is 0 Å². The zero-order chi connectivity index (χ0) is 29.9. The first kappa shape index (κ1) is 27.7. The van der Waals surface area contributed by atoms with Gasteiger partial charge < -0.3 is 23.5 Å². The molecule has 220 valence electrons. The highest BCUT2D eigenvalue weighted by molar-refractivity contribution is 6.06. The first-order valence-electron chi connectivity index (χ1n) is 15.0. The summed E-state index contributed by atoms with van der Waals surface area (Å²) in [5.74, 6) is 1.65. The van der Waals surface area contributed by atoms with Crippen molar-refractivity contribution in [3.05, 3.63) is 138 Å². The average Bonchev–Trinajstić information content (AvgIpc) is 3.65. The van der Waals surface area contributed by atoms with Gasteiger partial charge in [-0.25, -0.2) is 4.98 Å². The second-order valence-corrected chi connectivity index (χ2v) is 11.2. The molecule has 44 heavy (non-hydrogen) atoms. The summed E-state index contributed by atoms with van der Waals surface area (Å²) in [6.07, 6.45) is 6.01. The van der Waals surface area contributed by atoms with Gasteiger partial charge in [0.2, 0.25) is 0 Å². The molecule has 0 radical (unpaired) electrons. The van der Waals surface area contributed by atoms with Crippen molar-refractivity contribution in [2.75, 3.05) is 26.3 Å². The van der Waals surface area contributed by atoms with Crippen molar-refractivity contribution in [1.29, 1.82) is 0 Å². The number of carbonyl (C=O) groups is 1. The van der Waals surface area contributed by atoms with Gasteiger partial charge >= 0.3 is 0 Å². The molecule has 1 amide bonds. The Bertz CT molecular complexity index is 1900. The summed E-state index contributed by atoms with van der Waals surface area (Å²) < 4.78 is 15.8. The minimum absolute atomic E-state index is 0.0398. The number of aryl methyl sites for hydroxylation is 1. The lowest BCUT2D eigenvalue weighted by Gasteiger charge is -2.27. The molecule has 3 heterocycles. The number of rotatable bonds is 8. The number of hydrogen-bond acceptors (Lipinski definition) is 4.